The Balaban J connectivity index is 2.41. The van der Waals surface area contributed by atoms with Crippen LogP contribution in [0.1, 0.15) is 34.6 Å². The van der Waals surface area contributed by atoms with Gasteiger partial charge in [0.1, 0.15) is 11.3 Å². The van der Waals surface area contributed by atoms with Gasteiger partial charge in [-0.1, -0.05) is 22.0 Å². The van der Waals surface area contributed by atoms with Crippen LogP contribution in [0.25, 0.3) is 0 Å². The van der Waals surface area contributed by atoms with E-state index in [-0.39, 0.29) is 23.0 Å². The lowest BCUT2D eigenvalue weighted by Crippen LogP contribution is -2.15. The van der Waals surface area contributed by atoms with Crippen molar-refractivity contribution in [1.29, 1.82) is 0 Å². The molecule has 0 radical (unpaired) electrons. The molecule has 0 heterocycles. The Morgan fingerprint density at radius 1 is 1.17 bits per heavy atom. The molecule has 6 heteroatoms. The summed E-state index contributed by atoms with van der Waals surface area (Å²) in [7, 11) is 1.44. The Labute approximate surface area is 148 Å². The number of aldehydes is 1. The number of methoxy groups -OCH3 is 1. The predicted octanol–water partition coefficient (Wildman–Crippen LogP) is 4.28. The first-order valence-electron chi connectivity index (χ1n) is 7.26. The van der Waals surface area contributed by atoms with Gasteiger partial charge in [0.15, 0.2) is 17.8 Å². The second-order valence-electron chi connectivity index (χ2n) is 5.19. The van der Waals surface area contributed by atoms with Gasteiger partial charge >= 0.3 is 5.97 Å². The van der Waals surface area contributed by atoms with Gasteiger partial charge in [-0.25, -0.2) is 4.79 Å². The van der Waals surface area contributed by atoms with E-state index in [1.807, 2.05) is 13.8 Å². The van der Waals surface area contributed by atoms with Crippen molar-refractivity contribution in [2.75, 3.05) is 7.11 Å². The van der Waals surface area contributed by atoms with E-state index >= 15 is 0 Å². The molecule has 0 aliphatic carbocycles. The second-order valence-corrected chi connectivity index (χ2v) is 6.11. The Morgan fingerprint density at radius 2 is 1.92 bits per heavy atom. The van der Waals surface area contributed by atoms with Gasteiger partial charge in [0.2, 0.25) is 0 Å². The topological polar surface area (TPSA) is 61.8 Å². The third-order valence-electron chi connectivity index (χ3n) is 3.08. The van der Waals surface area contributed by atoms with Crippen molar-refractivity contribution in [2.45, 2.75) is 20.0 Å². The summed E-state index contributed by atoms with van der Waals surface area (Å²) >= 11 is 3.33. The van der Waals surface area contributed by atoms with E-state index < -0.39 is 5.97 Å². The Hall–Kier alpha value is -2.34. The number of para-hydroxylation sites is 1. The zero-order valence-electron chi connectivity index (χ0n) is 13.5. The molecule has 0 aliphatic heterocycles. The molecule has 2 aromatic carbocycles. The molecule has 24 heavy (non-hydrogen) atoms. The number of hydrogen-bond acceptors (Lipinski definition) is 5. The minimum Gasteiger partial charge on any atom is -0.493 e. The molecule has 0 spiro atoms. The fourth-order valence-corrected chi connectivity index (χ4v) is 2.42. The van der Waals surface area contributed by atoms with Crippen molar-refractivity contribution in [3.05, 3.63) is 52.0 Å². The van der Waals surface area contributed by atoms with Crippen LogP contribution in [0.5, 0.6) is 17.2 Å². The number of hydrogen-bond donors (Lipinski definition) is 0. The lowest BCUT2D eigenvalue weighted by atomic mass is 10.2. The van der Waals surface area contributed by atoms with Crippen molar-refractivity contribution in [2.24, 2.45) is 0 Å². The monoisotopic (exact) mass is 392 g/mol. The summed E-state index contributed by atoms with van der Waals surface area (Å²) in [6.45, 7) is 3.73. The minimum atomic E-state index is -0.639. The molecule has 0 aliphatic rings. The first-order chi connectivity index (χ1) is 11.5. The van der Waals surface area contributed by atoms with Crippen LogP contribution in [0.15, 0.2) is 40.9 Å². The quantitative estimate of drug-likeness (QED) is 0.417. The van der Waals surface area contributed by atoms with Gasteiger partial charge in [-0.3, -0.25) is 4.79 Å². The van der Waals surface area contributed by atoms with E-state index in [1.54, 1.807) is 36.4 Å². The third-order valence-corrected chi connectivity index (χ3v) is 3.57. The standard InChI is InChI=1S/C18H17BrO5/c1-11(2)23-15-8-7-13(19)9-14(15)18(21)24-17-12(10-20)5-4-6-16(17)22-3/h4-11H,1-3H3. The first-order valence-corrected chi connectivity index (χ1v) is 8.06. The largest absolute Gasteiger partial charge is 0.493 e. The summed E-state index contributed by atoms with van der Waals surface area (Å²) in [6, 6.07) is 9.87. The van der Waals surface area contributed by atoms with Crippen molar-refractivity contribution >= 4 is 28.2 Å². The maximum atomic E-state index is 12.6. The summed E-state index contributed by atoms with van der Waals surface area (Å²) in [4.78, 5) is 23.8. The lowest BCUT2D eigenvalue weighted by Gasteiger charge is -2.15. The molecule has 0 amide bonds. The van der Waals surface area contributed by atoms with Crippen molar-refractivity contribution in [1.82, 2.24) is 0 Å². The van der Waals surface area contributed by atoms with E-state index in [0.29, 0.717) is 22.3 Å². The smallest absolute Gasteiger partial charge is 0.347 e. The van der Waals surface area contributed by atoms with E-state index in [4.69, 9.17) is 14.2 Å². The number of carbonyl (C=O) groups is 2. The first kappa shape index (κ1) is 18.0. The second kappa shape index (κ2) is 7.97. The van der Waals surface area contributed by atoms with Gasteiger partial charge in [0.05, 0.1) is 18.8 Å². The Kier molecular flexibility index (Phi) is 5.98. The Morgan fingerprint density at radius 3 is 2.54 bits per heavy atom. The molecule has 5 nitrogen and oxygen atoms in total. The van der Waals surface area contributed by atoms with Gasteiger partial charge in [-0.05, 0) is 44.2 Å². The number of carbonyl (C=O) groups excluding carboxylic acids is 2. The van der Waals surface area contributed by atoms with Crippen LogP contribution in [-0.2, 0) is 0 Å². The van der Waals surface area contributed by atoms with Gasteiger partial charge in [-0.2, -0.15) is 0 Å². The summed E-state index contributed by atoms with van der Waals surface area (Å²) in [6.07, 6.45) is 0.506. The third kappa shape index (κ3) is 4.14. The van der Waals surface area contributed by atoms with Crippen LogP contribution in [0, 0.1) is 0 Å². The van der Waals surface area contributed by atoms with Crippen LogP contribution in [0.2, 0.25) is 0 Å². The van der Waals surface area contributed by atoms with Crippen LogP contribution >= 0.6 is 15.9 Å². The average molecular weight is 393 g/mol. The highest BCUT2D eigenvalue weighted by Gasteiger charge is 2.20. The van der Waals surface area contributed by atoms with Crippen LogP contribution in [0.4, 0.5) is 0 Å². The number of esters is 1. The van der Waals surface area contributed by atoms with E-state index in [0.717, 1.165) is 0 Å². The van der Waals surface area contributed by atoms with Crippen molar-refractivity contribution in [3.8, 4) is 17.2 Å². The Bertz CT molecular complexity index is 755. The lowest BCUT2D eigenvalue weighted by molar-refractivity contribution is 0.0722. The molecule has 0 saturated carbocycles. The molecule has 0 unspecified atom stereocenters. The highest BCUT2D eigenvalue weighted by Crippen LogP contribution is 2.32. The van der Waals surface area contributed by atoms with Gasteiger partial charge in [-0.15, -0.1) is 0 Å². The molecule has 0 bridgehead atoms. The predicted molar refractivity (Wildman–Crippen MR) is 93.2 cm³/mol. The number of rotatable bonds is 6. The van der Waals surface area contributed by atoms with Crippen molar-refractivity contribution in [3.63, 3.8) is 0 Å². The normalized spacial score (nSPS) is 10.4. The average Bonchev–Trinajstić information content (AvgIpc) is 2.56. The zero-order valence-corrected chi connectivity index (χ0v) is 15.1. The van der Waals surface area contributed by atoms with E-state index in [1.165, 1.54) is 7.11 Å². The summed E-state index contributed by atoms with van der Waals surface area (Å²) in [5.41, 5.74) is 0.477. The van der Waals surface area contributed by atoms with Crippen LogP contribution in [0.3, 0.4) is 0 Å². The summed E-state index contributed by atoms with van der Waals surface area (Å²) < 4.78 is 17.0. The fraction of sp³-hybridized carbons (Fsp3) is 0.222. The molecule has 0 N–H and O–H groups in total. The molecular formula is C18H17BrO5. The molecule has 126 valence electrons. The van der Waals surface area contributed by atoms with Gasteiger partial charge < -0.3 is 14.2 Å². The number of ether oxygens (including phenoxy) is 3. The van der Waals surface area contributed by atoms with E-state index in [2.05, 4.69) is 15.9 Å². The maximum Gasteiger partial charge on any atom is 0.347 e. The molecule has 2 aromatic rings. The molecule has 0 atom stereocenters. The highest BCUT2D eigenvalue weighted by atomic mass is 79.9. The molecular weight excluding hydrogens is 376 g/mol. The zero-order chi connectivity index (χ0) is 17.7. The van der Waals surface area contributed by atoms with Crippen LogP contribution in [-0.4, -0.2) is 25.5 Å². The molecule has 0 saturated heterocycles. The van der Waals surface area contributed by atoms with Gasteiger partial charge in [0.25, 0.3) is 0 Å². The molecule has 2 rings (SSSR count). The molecule has 0 fully saturated rings. The maximum absolute atomic E-state index is 12.6. The van der Waals surface area contributed by atoms with Gasteiger partial charge in [0, 0.05) is 4.47 Å². The number of benzene rings is 2. The van der Waals surface area contributed by atoms with E-state index in [9.17, 15) is 9.59 Å². The fourth-order valence-electron chi connectivity index (χ4n) is 2.06. The summed E-state index contributed by atoms with van der Waals surface area (Å²) in [5.74, 6) is 0.144. The number of halogens is 1. The SMILES string of the molecule is COc1cccc(C=O)c1OC(=O)c1cc(Br)ccc1OC(C)C. The molecule has 0 aromatic heterocycles. The summed E-state index contributed by atoms with van der Waals surface area (Å²) in [5, 5.41) is 0. The van der Waals surface area contributed by atoms with Crippen molar-refractivity contribution < 1.29 is 23.8 Å². The van der Waals surface area contributed by atoms with Crippen LogP contribution < -0.4 is 14.2 Å². The minimum absolute atomic E-state index is 0.0791. The highest BCUT2D eigenvalue weighted by molar-refractivity contribution is 9.10.